The molecular weight excluding hydrogens is 601 g/mol. The van der Waals surface area contributed by atoms with Crippen molar-refractivity contribution in [3.8, 4) is 0 Å². The van der Waals surface area contributed by atoms with Gasteiger partial charge in [0.2, 0.25) is 11.0 Å². The van der Waals surface area contributed by atoms with Crippen LogP contribution in [0.15, 0.2) is 96.4 Å². The minimum absolute atomic E-state index is 0.0275. The van der Waals surface area contributed by atoms with E-state index in [0.717, 1.165) is 13.1 Å². The summed E-state index contributed by atoms with van der Waals surface area (Å²) in [5, 5.41) is 2.56. The number of allylic oxidation sites excluding steroid dienone is 6. The predicted molar refractivity (Wildman–Crippen MR) is 199 cm³/mol. The number of aromatic nitrogens is 2. The van der Waals surface area contributed by atoms with Crippen molar-refractivity contribution in [2.75, 3.05) is 23.9 Å². The molecule has 0 unspecified atom stereocenters. The molecule has 4 heterocycles. The van der Waals surface area contributed by atoms with Crippen LogP contribution in [0.4, 0.5) is 11.4 Å². The largest absolute Gasteiger partial charge is 0.347 e. The molecular formula is C40H44N4S2+2. The highest BCUT2D eigenvalue weighted by Gasteiger charge is 2.39. The molecule has 0 saturated heterocycles. The van der Waals surface area contributed by atoms with Crippen LogP contribution in [0.2, 0.25) is 0 Å². The van der Waals surface area contributed by atoms with Crippen LogP contribution in [0.5, 0.6) is 0 Å². The molecule has 0 N–H and O–H groups in total. The number of likely N-dealkylation sites (N-methyl/N-ethyl adjacent to an activating group) is 2. The normalized spacial score (nSPS) is 18.8. The first-order valence-electron chi connectivity index (χ1n) is 16.3. The van der Waals surface area contributed by atoms with E-state index in [2.05, 4.69) is 172 Å². The van der Waals surface area contributed by atoms with Crippen LogP contribution in [-0.4, -0.2) is 14.1 Å². The molecule has 2 aromatic heterocycles. The molecule has 0 spiro atoms. The Morgan fingerprint density at radius 3 is 1.65 bits per heavy atom. The second-order valence-corrected chi connectivity index (χ2v) is 15.4. The molecule has 4 nitrogen and oxygen atoms in total. The Kier molecular flexibility index (Phi) is 7.57. The van der Waals surface area contributed by atoms with Crippen molar-refractivity contribution < 1.29 is 9.13 Å². The summed E-state index contributed by atoms with van der Waals surface area (Å²) in [4.78, 5) is 4.68. The molecule has 0 saturated carbocycles. The van der Waals surface area contributed by atoms with Gasteiger partial charge in [0, 0.05) is 65.9 Å². The highest BCUT2D eigenvalue weighted by Crippen LogP contribution is 2.47. The summed E-state index contributed by atoms with van der Waals surface area (Å²) in [6.45, 7) is 15.7. The third-order valence-electron chi connectivity index (χ3n) is 10.1. The summed E-state index contributed by atoms with van der Waals surface area (Å²) in [5.74, 6) is 0. The molecule has 234 valence electrons. The van der Waals surface area contributed by atoms with E-state index in [1.165, 1.54) is 64.3 Å². The highest BCUT2D eigenvalue weighted by molar-refractivity contribution is 7.22. The Morgan fingerprint density at radius 2 is 1.15 bits per heavy atom. The van der Waals surface area contributed by atoms with Crippen molar-refractivity contribution in [3.05, 3.63) is 118 Å². The van der Waals surface area contributed by atoms with E-state index in [-0.39, 0.29) is 10.8 Å². The van der Waals surface area contributed by atoms with Crippen LogP contribution in [-0.2, 0) is 23.9 Å². The molecule has 7 rings (SSSR count). The van der Waals surface area contributed by atoms with Crippen molar-refractivity contribution in [2.45, 2.75) is 65.5 Å². The fourth-order valence-electron chi connectivity index (χ4n) is 7.68. The number of nitrogens with zero attached hydrogens (tertiary/aromatic N) is 4. The molecule has 46 heavy (non-hydrogen) atoms. The summed E-state index contributed by atoms with van der Waals surface area (Å²) < 4.78 is 7.65. The number of anilines is 2. The number of para-hydroxylation sites is 2. The van der Waals surface area contributed by atoms with Crippen molar-refractivity contribution in [1.29, 1.82) is 0 Å². The molecule has 0 radical (unpaired) electrons. The number of thiazole rings is 2. The fraction of sp³-hybridized carbons (Fsp3) is 0.300. The summed E-state index contributed by atoms with van der Waals surface area (Å²) in [6, 6.07) is 22.2. The smallest absolute Gasteiger partial charge is 0.262 e. The van der Waals surface area contributed by atoms with E-state index >= 15 is 0 Å². The van der Waals surface area contributed by atoms with Crippen LogP contribution in [0, 0.1) is 0 Å². The molecule has 0 bridgehead atoms. The second kappa shape index (κ2) is 11.4. The first kappa shape index (κ1) is 30.6. The van der Waals surface area contributed by atoms with Crippen LogP contribution < -0.4 is 18.9 Å². The molecule has 3 aromatic carbocycles. The molecule has 0 aliphatic carbocycles. The van der Waals surface area contributed by atoms with Gasteiger partial charge in [0.05, 0.1) is 0 Å². The maximum atomic E-state index is 2.49. The Morgan fingerprint density at radius 1 is 0.652 bits per heavy atom. The Balaban J connectivity index is 1.24. The Hall–Kier alpha value is -4.00. The number of hydrogen-bond acceptors (Lipinski definition) is 4. The zero-order valence-corrected chi connectivity index (χ0v) is 29.9. The molecule has 6 heteroatoms. The molecule has 0 amide bonds. The number of aryl methyl sites for hydroxylation is 2. The maximum Gasteiger partial charge on any atom is 0.262 e. The monoisotopic (exact) mass is 644 g/mol. The van der Waals surface area contributed by atoms with Crippen LogP contribution in [0.25, 0.3) is 32.6 Å². The van der Waals surface area contributed by atoms with E-state index in [0.29, 0.717) is 0 Å². The van der Waals surface area contributed by atoms with Gasteiger partial charge < -0.3 is 9.80 Å². The van der Waals surface area contributed by atoms with E-state index in [1.54, 1.807) is 0 Å². The molecule has 2 aliphatic heterocycles. The highest BCUT2D eigenvalue weighted by atomic mass is 32.1. The number of rotatable bonds is 6. The number of fused-ring (bicyclic) bond motifs is 5. The van der Waals surface area contributed by atoms with Crippen LogP contribution in [0.3, 0.4) is 0 Å². The van der Waals surface area contributed by atoms with E-state index in [4.69, 9.17) is 0 Å². The third kappa shape index (κ3) is 4.60. The van der Waals surface area contributed by atoms with Crippen molar-refractivity contribution in [2.24, 2.45) is 0 Å². The first-order valence-corrected chi connectivity index (χ1v) is 18.0. The lowest BCUT2D eigenvalue weighted by Gasteiger charge is -2.23. The van der Waals surface area contributed by atoms with Crippen LogP contribution in [0.1, 0.15) is 62.7 Å². The van der Waals surface area contributed by atoms with Gasteiger partial charge in [-0.15, -0.1) is 0 Å². The summed E-state index contributed by atoms with van der Waals surface area (Å²) in [5.41, 5.74) is 10.6. The second-order valence-electron chi connectivity index (χ2n) is 13.4. The van der Waals surface area contributed by atoms with Gasteiger partial charge >= 0.3 is 0 Å². The van der Waals surface area contributed by atoms with Gasteiger partial charge in [0.15, 0.2) is 4.70 Å². The predicted octanol–water partition coefficient (Wildman–Crippen LogP) is 9.38. The van der Waals surface area contributed by atoms with E-state index < -0.39 is 0 Å². The van der Waals surface area contributed by atoms with Gasteiger partial charge in [0.25, 0.3) is 10.0 Å². The van der Waals surface area contributed by atoms with Crippen molar-refractivity contribution in [3.63, 3.8) is 0 Å². The summed E-state index contributed by atoms with van der Waals surface area (Å²) in [6.07, 6.45) is 13.7. The average molecular weight is 645 g/mol. The van der Waals surface area contributed by atoms with E-state index in [9.17, 15) is 0 Å². The minimum atomic E-state index is -0.0289. The van der Waals surface area contributed by atoms with Gasteiger partial charge in [-0.3, -0.25) is 0 Å². The van der Waals surface area contributed by atoms with Crippen LogP contribution >= 0.6 is 22.7 Å². The van der Waals surface area contributed by atoms with Gasteiger partial charge in [-0.25, -0.2) is 0 Å². The molecule has 5 aromatic rings. The van der Waals surface area contributed by atoms with E-state index in [1.807, 2.05) is 22.7 Å². The lowest BCUT2D eigenvalue weighted by atomic mass is 9.84. The maximum absolute atomic E-state index is 2.49. The minimum Gasteiger partial charge on any atom is -0.347 e. The van der Waals surface area contributed by atoms with Gasteiger partial charge in [0.1, 0.15) is 17.8 Å². The van der Waals surface area contributed by atoms with Gasteiger partial charge in [-0.2, -0.15) is 9.13 Å². The molecule has 0 fully saturated rings. The number of hydrogen-bond donors (Lipinski definition) is 0. The summed E-state index contributed by atoms with van der Waals surface area (Å²) in [7, 11) is 4.37. The Bertz CT molecular complexity index is 2120. The lowest BCUT2D eigenvalue weighted by molar-refractivity contribution is -0.667. The average Bonchev–Trinajstić information content (AvgIpc) is 3.71. The van der Waals surface area contributed by atoms with Crippen molar-refractivity contribution >= 4 is 66.6 Å². The zero-order chi connectivity index (χ0) is 32.4. The number of benzene rings is 3. The zero-order valence-electron chi connectivity index (χ0n) is 28.3. The molecule has 2 aliphatic rings. The SMILES string of the molecule is CC[n+]1c(/C=C/C=C2\N(C)c3ccccc3C2(C)C)sc2c1ccc1sc(/C=C/C=C3/N(C)c4ccccc4C3(C)C)[n+](CC)c12. The third-order valence-corrected chi connectivity index (χ3v) is 12.4. The fourth-order valence-corrected chi connectivity index (χ4v) is 10.2. The lowest BCUT2D eigenvalue weighted by Crippen LogP contribution is -2.35. The first-order chi connectivity index (χ1) is 22.1. The molecule has 0 atom stereocenters. The van der Waals surface area contributed by atoms with Gasteiger partial charge in [-0.05, 0) is 55.3 Å². The quantitative estimate of drug-likeness (QED) is 0.171. The van der Waals surface area contributed by atoms with Crippen molar-refractivity contribution in [1.82, 2.24) is 0 Å². The Labute approximate surface area is 281 Å². The summed E-state index contributed by atoms with van der Waals surface area (Å²) >= 11 is 3.79. The topological polar surface area (TPSA) is 14.2 Å². The standard InChI is InChI=1S/C40H44N4S2/c1-9-43-31-25-26-32-37(38(31)46-35(43)23-15-21-33-39(3,4)27-17-11-13-19-29(27)41(33)7)44(10-2)36(45-32)24-16-22-34-40(5,6)28-18-12-14-20-30(28)42(34)8/h11-26H,9-10H2,1-8H3/q+2. The van der Waals surface area contributed by atoms with Gasteiger partial charge in [-0.1, -0.05) is 98.9 Å².